The molecule has 136 valence electrons. The molecule has 1 saturated heterocycles. The van der Waals surface area contributed by atoms with Gasteiger partial charge in [-0.05, 0) is 56.0 Å². The fourth-order valence-electron chi connectivity index (χ4n) is 2.92. The van der Waals surface area contributed by atoms with Gasteiger partial charge in [-0.1, -0.05) is 35.5 Å². The molecule has 26 heavy (non-hydrogen) atoms. The van der Waals surface area contributed by atoms with Crippen LogP contribution in [0.25, 0.3) is 0 Å². The average molecular weight is 351 g/mol. The highest BCUT2D eigenvalue weighted by Gasteiger charge is 2.15. The van der Waals surface area contributed by atoms with Crippen molar-refractivity contribution in [3.8, 4) is 0 Å². The minimum atomic E-state index is -0.670. The van der Waals surface area contributed by atoms with E-state index >= 15 is 0 Å². The summed E-state index contributed by atoms with van der Waals surface area (Å²) in [6.45, 7) is 3.89. The van der Waals surface area contributed by atoms with Gasteiger partial charge in [0.25, 0.3) is 5.91 Å². The molecule has 2 aromatic carbocycles. The standard InChI is InChI=1S/C21H25N3O2/c1-17(26-22-16-18-8-4-2-5-9-18)21(25)23-19-10-12-20(13-11-19)24-14-6-3-7-15-24/h2,4-5,8-13,16-17H,3,6-7,14-15H2,1H3,(H,23,25)/b22-16-/t17-/m1/s1. The van der Waals surface area contributed by atoms with Crippen molar-refractivity contribution in [2.45, 2.75) is 32.3 Å². The minimum Gasteiger partial charge on any atom is -0.383 e. The smallest absolute Gasteiger partial charge is 0.267 e. The molecule has 0 saturated carbocycles. The zero-order chi connectivity index (χ0) is 18.2. The molecule has 1 aliphatic rings. The second-order valence-corrected chi connectivity index (χ2v) is 6.48. The first-order valence-corrected chi connectivity index (χ1v) is 9.12. The molecule has 2 aromatic rings. The molecular weight excluding hydrogens is 326 g/mol. The summed E-state index contributed by atoms with van der Waals surface area (Å²) < 4.78 is 0. The summed E-state index contributed by atoms with van der Waals surface area (Å²) in [7, 11) is 0. The largest absolute Gasteiger partial charge is 0.383 e. The Balaban J connectivity index is 1.49. The lowest BCUT2D eigenvalue weighted by Gasteiger charge is -2.28. The lowest BCUT2D eigenvalue weighted by Crippen LogP contribution is -2.29. The summed E-state index contributed by atoms with van der Waals surface area (Å²) in [6, 6.07) is 17.6. The van der Waals surface area contributed by atoms with E-state index in [9.17, 15) is 4.79 Å². The third kappa shape index (κ3) is 5.09. The van der Waals surface area contributed by atoms with Crippen LogP contribution < -0.4 is 10.2 Å². The first-order chi connectivity index (χ1) is 12.7. The van der Waals surface area contributed by atoms with Gasteiger partial charge < -0.3 is 15.1 Å². The summed E-state index contributed by atoms with van der Waals surface area (Å²) in [5, 5.41) is 6.75. The summed E-state index contributed by atoms with van der Waals surface area (Å²) in [6.07, 6.45) is 4.73. The van der Waals surface area contributed by atoms with Crippen molar-refractivity contribution in [3.05, 3.63) is 60.2 Å². The number of oxime groups is 1. The van der Waals surface area contributed by atoms with E-state index in [0.717, 1.165) is 24.3 Å². The molecule has 1 fully saturated rings. The van der Waals surface area contributed by atoms with Crippen LogP contribution in [0.2, 0.25) is 0 Å². The van der Waals surface area contributed by atoms with Gasteiger partial charge in [0.05, 0.1) is 6.21 Å². The lowest BCUT2D eigenvalue weighted by atomic mass is 10.1. The van der Waals surface area contributed by atoms with Crippen molar-refractivity contribution in [1.29, 1.82) is 0 Å². The molecule has 0 aromatic heterocycles. The molecule has 0 radical (unpaired) electrons. The first kappa shape index (κ1) is 18.0. The Hall–Kier alpha value is -2.82. The van der Waals surface area contributed by atoms with Gasteiger partial charge in [-0.15, -0.1) is 0 Å². The monoisotopic (exact) mass is 351 g/mol. The van der Waals surface area contributed by atoms with E-state index in [1.807, 2.05) is 42.5 Å². The van der Waals surface area contributed by atoms with Crippen LogP contribution in [-0.2, 0) is 9.63 Å². The number of benzene rings is 2. The van der Waals surface area contributed by atoms with E-state index < -0.39 is 6.10 Å². The molecule has 1 aliphatic heterocycles. The molecule has 1 atom stereocenters. The van der Waals surface area contributed by atoms with Gasteiger partial charge in [-0.25, -0.2) is 0 Å². The molecule has 0 spiro atoms. The summed E-state index contributed by atoms with van der Waals surface area (Å²) >= 11 is 0. The Bertz CT molecular complexity index is 723. The topological polar surface area (TPSA) is 53.9 Å². The number of carbonyl (C=O) groups excluding carboxylic acids is 1. The van der Waals surface area contributed by atoms with Crippen LogP contribution in [0, 0.1) is 0 Å². The number of amides is 1. The zero-order valence-corrected chi connectivity index (χ0v) is 15.1. The van der Waals surface area contributed by atoms with Crippen LogP contribution in [0.4, 0.5) is 11.4 Å². The van der Waals surface area contributed by atoms with Gasteiger partial charge >= 0.3 is 0 Å². The molecule has 3 rings (SSSR count). The normalized spacial score (nSPS) is 15.7. The Labute approximate surface area is 154 Å². The predicted molar refractivity (Wildman–Crippen MR) is 106 cm³/mol. The van der Waals surface area contributed by atoms with Crippen molar-refractivity contribution in [2.24, 2.45) is 5.16 Å². The maximum Gasteiger partial charge on any atom is 0.267 e. The van der Waals surface area contributed by atoms with E-state index in [2.05, 4.69) is 27.5 Å². The van der Waals surface area contributed by atoms with Gasteiger partial charge in [0.1, 0.15) is 0 Å². The second-order valence-electron chi connectivity index (χ2n) is 6.48. The first-order valence-electron chi connectivity index (χ1n) is 9.12. The number of anilines is 2. The number of rotatable bonds is 6. The van der Waals surface area contributed by atoms with E-state index in [1.54, 1.807) is 13.1 Å². The van der Waals surface area contributed by atoms with E-state index in [-0.39, 0.29) is 5.91 Å². The SMILES string of the molecule is C[C@@H](O/N=C\c1ccccc1)C(=O)Nc1ccc(N2CCCCC2)cc1. The summed E-state index contributed by atoms with van der Waals surface area (Å²) in [4.78, 5) is 19.9. The third-order valence-electron chi connectivity index (χ3n) is 4.45. The molecule has 0 aliphatic carbocycles. The van der Waals surface area contributed by atoms with Gasteiger partial charge in [0.2, 0.25) is 6.10 Å². The lowest BCUT2D eigenvalue weighted by molar-refractivity contribution is -0.126. The minimum absolute atomic E-state index is 0.221. The van der Waals surface area contributed by atoms with Gasteiger partial charge in [-0.2, -0.15) is 0 Å². The molecule has 1 amide bonds. The Kier molecular flexibility index (Phi) is 6.25. The number of nitrogens with one attached hydrogen (secondary N) is 1. The highest BCUT2D eigenvalue weighted by molar-refractivity contribution is 5.94. The molecule has 0 bridgehead atoms. The van der Waals surface area contributed by atoms with Crippen molar-refractivity contribution in [3.63, 3.8) is 0 Å². The Morgan fingerprint density at radius 1 is 1.08 bits per heavy atom. The molecular formula is C21H25N3O2. The van der Waals surface area contributed by atoms with Crippen LogP contribution in [0.1, 0.15) is 31.7 Å². The maximum absolute atomic E-state index is 12.2. The number of carbonyl (C=O) groups is 1. The van der Waals surface area contributed by atoms with Crippen molar-refractivity contribution in [2.75, 3.05) is 23.3 Å². The predicted octanol–water partition coefficient (Wildman–Crippen LogP) is 4.05. The number of hydrogen-bond acceptors (Lipinski definition) is 4. The van der Waals surface area contributed by atoms with Crippen LogP contribution in [0.3, 0.4) is 0 Å². The summed E-state index contributed by atoms with van der Waals surface area (Å²) in [5.41, 5.74) is 2.89. The number of nitrogens with zero attached hydrogens (tertiary/aromatic N) is 2. The van der Waals surface area contributed by atoms with Crippen LogP contribution >= 0.6 is 0 Å². The van der Waals surface area contributed by atoms with E-state index in [0.29, 0.717) is 0 Å². The van der Waals surface area contributed by atoms with Gasteiger partial charge in [-0.3, -0.25) is 4.79 Å². The fraction of sp³-hybridized carbons (Fsp3) is 0.333. The average Bonchev–Trinajstić information content (AvgIpc) is 2.70. The molecule has 1 heterocycles. The van der Waals surface area contributed by atoms with E-state index in [4.69, 9.17) is 4.84 Å². The van der Waals surface area contributed by atoms with Crippen LogP contribution in [0.5, 0.6) is 0 Å². The van der Waals surface area contributed by atoms with Crippen LogP contribution in [0.15, 0.2) is 59.8 Å². The fourth-order valence-corrected chi connectivity index (χ4v) is 2.92. The molecule has 1 N–H and O–H groups in total. The quantitative estimate of drug-likeness (QED) is 0.631. The van der Waals surface area contributed by atoms with Crippen molar-refractivity contribution in [1.82, 2.24) is 0 Å². The zero-order valence-electron chi connectivity index (χ0n) is 15.1. The van der Waals surface area contributed by atoms with Crippen molar-refractivity contribution < 1.29 is 9.63 Å². The molecule has 0 unspecified atom stereocenters. The Morgan fingerprint density at radius 2 is 1.77 bits per heavy atom. The number of hydrogen-bond donors (Lipinski definition) is 1. The second kappa shape index (κ2) is 9.04. The third-order valence-corrected chi connectivity index (χ3v) is 4.45. The van der Waals surface area contributed by atoms with Crippen molar-refractivity contribution >= 4 is 23.5 Å². The van der Waals surface area contributed by atoms with E-state index in [1.165, 1.54) is 24.9 Å². The van der Waals surface area contributed by atoms with Gasteiger partial charge in [0, 0.05) is 24.5 Å². The summed E-state index contributed by atoms with van der Waals surface area (Å²) in [5.74, 6) is -0.221. The molecule has 5 heteroatoms. The Morgan fingerprint density at radius 3 is 2.46 bits per heavy atom. The molecule has 5 nitrogen and oxygen atoms in total. The highest BCUT2D eigenvalue weighted by atomic mass is 16.6. The van der Waals surface area contributed by atoms with Crippen LogP contribution in [-0.4, -0.2) is 31.3 Å². The highest BCUT2D eigenvalue weighted by Crippen LogP contribution is 2.21. The number of piperidine rings is 1. The maximum atomic E-state index is 12.2. The van der Waals surface area contributed by atoms with Gasteiger partial charge in [0.15, 0.2) is 0 Å².